The van der Waals surface area contributed by atoms with Crippen LogP contribution in [0.2, 0.25) is 0 Å². The second kappa shape index (κ2) is 19.8. The van der Waals surface area contributed by atoms with Crippen LogP contribution >= 0.6 is 7.82 Å². The molecule has 2 aromatic rings. The summed E-state index contributed by atoms with van der Waals surface area (Å²) in [5.74, 6) is 0.213. The summed E-state index contributed by atoms with van der Waals surface area (Å²) in [5.41, 5.74) is 4.07. The molecule has 14 heteroatoms. The van der Waals surface area contributed by atoms with Crippen molar-refractivity contribution in [3.05, 3.63) is 53.6 Å². The van der Waals surface area contributed by atoms with Crippen molar-refractivity contribution < 1.29 is 47.5 Å². The Bertz CT molecular complexity index is 1290. The van der Waals surface area contributed by atoms with E-state index in [1.165, 1.54) is 0 Å². The van der Waals surface area contributed by atoms with Crippen LogP contribution in [0.5, 0.6) is 0 Å². The SMILES string of the molecule is Cc1ccc(NC(=O)Nc2cc(CCC(=O)OCOC(=O)OCCCCCOP(=O)(O)O)ccc2N(CC(C)C)CC(C)C)cc1. The van der Waals surface area contributed by atoms with Gasteiger partial charge in [-0.15, -0.1) is 0 Å². The molecule has 0 unspecified atom stereocenters. The van der Waals surface area contributed by atoms with E-state index < -0.39 is 26.7 Å². The molecule has 0 radical (unpaired) electrons. The van der Waals surface area contributed by atoms with Gasteiger partial charge in [0.05, 0.1) is 24.6 Å². The first kappa shape index (κ1) is 38.5. The molecule has 0 saturated carbocycles. The van der Waals surface area contributed by atoms with Gasteiger partial charge in [0, 0.05) is 25.2 Å². The average molecular weight is 666 g/mol. The molecule has 2 aromatic carbocycles. The lowest BCUT2D eigenvalue weighted by molar-refractivity contribution is -0.153. The monoisotopic (exact) mass is 665 g/mol. The molecule has 0 aliphatic heterocycles. The van der Waals surface area contributed by atoms with E-state index >= 15 is 0 Å². The number of carbonyl (C=O) groups excluding carboxylic acids is 3. The molecule has 0 aliphatic rings. The van der Waals surface area contributed by atoms with E-state index in [4.69, 9.17) is 24.0 Å². The van der Waals surface area contributed by atoms with Crippen LogP contribution in [0.1, 0.15) is 64.5 Å². The molecule has 2 amide bonds. The Morgan fingerprint density at radius 2 is 1.50 bits per heavy atom. The van der Waals surface area contributed by atoms with E-state index in [-0.39, 0.29) is 25.7 Å². The molecule has 0 spiro atoms. The summed E-state index contributed by atoms with van der Waals surface area (Å²) in [6.45, 7) is 11.5. The second-order valence-electron chi connectivity index (χ2n) is 11.8. The molecule has 0 atom stereocenters. The number of nitrogens with zero attached hydrogens (tertiary/aromatic N) is 1. The Morgan fingerprint density at radius 1 is 0.848 bits per heavy atom. The van der Waals surface area contributed by atoms with Gasteiger partial charge in [0.25, 0.3) is 0 Å². The number of benzene rings is 2. The Kier molecular flexibility index (Phi) is 16.6. The van der Waals surface area contributed by atoms with Gasteiger partial charge in [-0.3, -0.25) is 9.32 Å². The molecule has 0 bridgehead atoms. The van der Waals surface area contributed by atoms with Crippen molar-refractivity contribution in [3.63, 3.8) is 0 Å². The highest BCUT2D eigenvalue weighted by Gasteiger charge is 2.18. The lowest BCUT2D eigenvalue weighted by Gasteiger charge is -2.30. The summed E-state index contributed by atoms with van der Waals surface area (Å²) in [6.07, 6.45) is 0.696. The number of urea groups is 1. The van der Waals surface area contributed by atoms with E-state index in [2.05, 4.69) is 47.8 Å². The lowest BCUT2D eigenvalue weighted by Crippen LogP contribution is -2.32. The summed E-state index contributed by atoms with van der Waals surface area (Å²) >= 11 is 0. The molecule has 0 saturated heterocycles. The summed E-state index contributed by atoms with van der Waals surface area (Å²) in [5, 5.41) is 5.87. The predicted molar refractivity (Wildman–Crippen MR) is 176 cm³/mol. The van der Waals surface area contributed by atoms with Crippen LogP contribution in [0.15, 0.2) is 42.5 Å². The maximum Gasteiger partial charge on any atom is 0.511 e. The zero-order valence-corrected chi connectivity index (χ0v) is 28.2. The lowest BCUT2D eigenvalue weighted by atomic mass is 10.1. The Hall–Kier alpha value is -3.64. The molecule has 4 N–H and O–H groups in total. The van der Waals surface area contributed by atoms with Crippen LogP contribution in [-0.4, -0.2) is 61.0 Å². The summed E-state index contributed by atoms with van der Waals surface area (Å²) in [7, 11) is -4.48. The molecular weight excluding hydrogens is 617 g/mol. The Balaban J connectivity index is 1.91. The number of amides is 2. The summed E-state index contributed by atoms with van der Waals surface area (Å²) in [4.78, 5) is 56.5. The molecule has 46 heavy (non-hydrogen) atoms. The number of hydrogen-bond acceptors (Lipinski definition) is 9. The minimum atomic E-state index is -4.48. The van der Waals surface area contributed by atoms with Crippen LogP contribution in [0.25, 0.3) is 0 Å². The third-order valence-electron chi connectivity index (χ3n) is 6.41. The highest BCUT2D eigenvalue weighted by atomic mass is 31.2. The number of esters is 1. The van der Waals surface area contributed by atoms with E-state index in [1.807, 2.05) is 49.4 Å². The molecule has 13 nitrogen and oxygen atoms in total. The molecule has 0 fully saturated rings. The zero-order chi connectivity index (χ0) is 34.1. The number of anilines is 3. The van der Waals surface area contributed by atoms with Crippen molar-refractivity contribution in [1.82, 2.24) is 0 Å². The van der Waals surface area contributed by atoms with Crippen molar-refractivity contribution in [2.24, 2.45) is 11.8 Å². The smallest absolute Gasteiger partial charge is 0.434 e. The number of nitrogens with one attached hydrogen (secondary N) is 2. The van der Waals surface area contributed by atoms with Gasteiger partial charge in [-0.2, -0.15) is 0 Å². The van der Waals surface area contributed by atoms with Crippen molar-refractivity contribution in [3.8, 4) is 0 Å². The predicted octanol–water partition coefficient (Wildman–Crippen LogP) is 6.62. The fourth-order valence-corrected chi connectivity index (χ4v) is 4.78. The van der Waals surface area contributed by atoms with E-state index in [1.54, 1.807) is 0 Å². The largest absolute Gasteiger partial charge is 0.511 e. The summed E-state index contributed by atoms with van der Waals surface area (Å²) in [6, 6.07) is 12.9. The third kappa shape index (κ3) is 16.6. The van der Waals surface area contributed by atoms with Crippen LogP contribution < -0.4 is 15.5 Å². The first-order valence-electron chi connectivity index (χ1n) is 15.4. The molecule has 256 valence electrons. The first-order chi connectivity index (χ1) is 21.7. The maximum atomic E-state index is 13.0. The van der Waals surface area contributed by atoms with Crippen molar-refractivity contribution in [2.75, 3.05) is 48.6 Å². The van der Waals surface area contributed by atoms with Crippen molar-refractivity contribution in [2.45, 2.75) is 66.7 Å². The number of carbonyl (C=O) groups is 3. The van der Waals surface area contributed by atoms with Gasteiger partial charge in [-0.25, -0.2) is 14.2 Å². The first-order valence-corrected chi connectivity index (χ1v) is 16.9. The van der Waals surface area contributed by atoms with Crippen molar-refractivity contribution >= 4 is 43.0 Å². The highest BCUT2D eigenvalue weighted by molar-refractivity contribution is 7.46. The van der Waals surface area contributed by atoms with Crippen molar-refractivity contribution in [1.29, 1.82) is 0 Å². The van der Waals surface area contributed by atoms with E-state index in [0.717, 1.165) is 29.9 Å². The second-order valence-corrected chi connectivity index (χ2v) is 13.0. The molecule has 2 rings (SSSR count). The van der Waals surface area contributed by atoms with Crippen LogP contribution in [0.4, 0.5) is 26.7 Å². The number of hydrogen-bond donors (Lipinski definition) is 4. The Morgan fingerprint density at radius 3 is 2.13 bits per heavy atom. The number of unbranched alkanes of at least 4 members (excludes halogenated alkanes) is 2. The normalized spacial score (nSPS) is 11.3. The summed E-state index contributed by atoms with van der Waals surface area (Å²) < 4.78 is 29.6. The van der Waals surface area contributed by atoms with Gasteiger partial charge in [-0.1, -0.05) is 51.5 Å². The molecule has 0 heterocycles. The van der Waals surface area contributed by atoms with Crippen LogP contribution in [0, 0.1) is 18.8 Å². The van der Waals surface area contributed by atoms with Crippen LogP contribution in [-0.2, 0) is 34.5 Å². The number of rotatable bonds is 19. The number of aryl methyl sites for hydroxylation is 2. The topological polar surface area (TPSA) is 173 Å². The van der Waals surface area contributed by atoms with E-state index in [9.17, 15) is 18.9 Å². The Labute approximate surface area is 271 Å². The quantitative estimate of drug-likeness (QED) is 0.0549. The van der Waals surface area contributed by atoms with Gasteiger partial charge < -0.3 is 39.5 Å². The molecule has 0 aliphatic carbocycles. The standard InChI is InChI=1S/C32H48N3O10P/c1-23(2)20-35(21-24(3)4)29-15-11-26(19-28(29)34-31(37)33-27-13-9-25(5)10-14-27)12-16-30(36)43-22-44-32(38)42-17-7-6-8-18-45-46(39,40)41/h9-11,13-15,19,23-24H,6-8,12,16-18,20-22H2,1-5H3,(H2,33,34,37)(H2,39,40,41). The fraction of sp³-hybridized carbons (Fsp3) is 0.531. The minimum Gasteiger partial charge on any atom is -0.434 e. The van der Waals surface area contributed by atoms with Gasteiger partial charge in [0.2, 0.25) is 6.79 Å². The maximum absolute atomic E-state index is 13.0. The van der Waals surface area contributed by atoms with Gasteiger partial charge in [0.1, 0.15) is 0 Å². The number of phosphoric acid groups is 1. The van der Waals surface area contributed by atoms with Gasteiger partial charge in [-0.05, 0) is 74.3 Å². The average Bonchev–Trinajstić information content (AvgIpc) is 2.95. The zero-order valence-electron chi connectivity index (χ0n) is 27.3. The van der Waals surface area contributed by atoms with E-state index in [0.29, 0.717) is 48.9 Å². The third-order valence-corrected chi connectivity index (χ3v) is 6.93. The highest BCUT2D eigenvalue weighted by Crippen LogP contribution is 2.35. The van der Waals surface area contributed by atoms with Gasteiger partial charge >= 0.3 is 26.0 Å². The minimum absolute atomic E-state index is 0.0190. The number of ether oxygens (including phenoxy) is 3. The molecular formula is C32H48N3O10P. The fourth-order valence-electron chi connectivity index (χ4n) is 4.41. The molecule has 0 aromatic heterocycles. The van der Waals surface area contributed by atoms with Gasteiger partial charge in [0.15, 0.2) is 0 Å². The van der Waals surface area contributed by atoms with Crippen LogP contribution in [0.3, 0.4) is 0 Å². The number of phosphoric ester groups is 1.